The van der Waals surface area contributed by atoms with E-state index < -0.39 is 10.5 Å². The topological polar surface area (TPSA) is 135 Å². The van der Waals surface area contributed by atoms with Crippen molar-refractivity contribution in [1.29, 1.82) is 0 Å². The molecule has 0 radical (unpaired) electrons. The molecule has 0 spiro atoms. The third kappa shape index (κ3) is 5.02. The fourth-order valence-corrected chi connectivity index (χ4v) is 4.82. The Morgan fingerprint density at radius 2 is 1.81 bits per heavy atom. The Balaban J connectivity index is 1.40. The average Bonchev–Trinajstić information content (AvgIpc) is 3.43. The fourth-order valence-electron chi connectivity index (χ4n) is 4.23. The number of furan rings is 1. The van der Waals surface area contributed by atoms with Crippen LogP contribution < -0.4 is 15.0 Å². The number of fused-ring (bicyclic) bond motifs is 2. The summed E-state index contributed by atoms with van der Waals surface area (Å²) in [6, 6.07) is 19.7. The quantitative estimate of drug-likeness (QED) is 0.107. The first-order valence-electron chi connectivity index (χ1n) is 12.2. The number of benzene rings is 3. The molecule has 0 saturated carbocycles. The van der Waals surface area contributed by atoms with Crippen molar-refractivity contribution in [3.05, 3.63) is 115 Å². The number of para-hydroxylation sites is 1. The molecule has 0 amide bonds. The van der Waals surface area contributed by atoms with E-state index in [9.17, 15) is 14.9 Å². The molecular formula is C29H17Cl2N5O6. The van der Waals surface area contributed by atoms with Gasteiger partial charge in [0.25, 0.3) is 11.2 Å². The van der Waals surface area contributed by atoms with Crippen LogP contribution in [0.2, 0.25) is 10.0 Å². The zero-order valence-corrected chi connectivity index (χ0v) is 23.0. The van der Waals surface area contributed by atoms with E-state index in [1.54, 1.807) is 55.6 Å². The van der Waals surface area contributed by atoms with E-state index in [-0.39, 0.29) is 33.2 Å². The molecule has 0 unspecified atom stereocenters. The van der Waals surface area contributed by atoms with Crippen LogP contribution in [0, 0.1) is 10.1 Å². The van der Waals surface area contributed by atoms with E-state index >= 15 is 0 Å². The maximum absolute atomic E-state index is 13.6. The number of ether oxygens (including phenoxy) is 2. The Morgan fingerprint density at radius 1 is 1.02 bits per heavy atom. The van der Waals surface area contributed by atoms with Crippen LogP contribution in [-0.4, -0.2) is 32.9 Å². The number of aromatic nitrogens is 3. The van der Waals surface area contributed by atoms with Gasteiger partial charge in [-0.25, -0.2) is 9.97 Å². The van der Waals surface area contributed by atoms with Crippen LogP contribution >= 0.6 is 23.2 Å². The van der Waals surface area contributed by atoms with Gasteiger partial charge in [0.2, 0.25) is 11.7 Å². The molecule has 6 aromatic rings. The van der Waals surface area contributed by atoms with Crippen LogP contribution in [-0.2, 0) is 0 Å². The van der Waals surface area contributed by atoms with Crippen molar-refractivity contribution < 1.29 is 18.8 Å². The molecule has 0 fully saturated rings. The average molecular weight is 602 g/mol. The Morgan fingerprint density at radius 3 is 2.52 bits per heavy atom. The molecule has 3 aromatic carbocycles. The van der Waals surface area contributed by atoms with Crippen LogP contribution in [0.15, 0.2) is 93.3 Å². The third-order valence-electron chi connectivity index (χ3n) is 6.20. The minimum absolute atomic E-state index is 0.0618. The molecule has 0 aliphatic heterocycles. The van der Waals surface area contributed by atoms with E-state index in [1.165, 1.54) is 30.5 Å². The van der Waals surface area contributed by atoms with Crippen molar-refractivity contribution in [1.82, 2.24) is 14.6 Å². The van der Waals surface area contributed by atoms with Gasteiger partial charge in [-0.1, -0.05) is 41.4 Å². The van der Waals surface area contributed by atoms with Crippen LogP contribution in [0.3, 0.4) is 0 Å². The number of pyridine rings is 1. The number of nitro groups is 1. The van der Waals surface area contributed by atoms with Gasteiger partial charge in [0.05, 0.1) is 44.6 Å². The summed E-state index contributed by atoms with van der Waals surface area (Å²) in [5.74, 6) is 1.25. The van der Waals surface area contributed by atoms with Gasteiger partial charge in [0.15, 0.2) is 11.5 Å². The third-order valence-corrected chi connectivity index (χ3v) is 6.76. The summed E-state index contributed by atoms with van der Waals surface area (Å²) in [5, 5.41) is 16.6. The Kier molecular flexibility index (Phi) is 7.03. The predicted octanol–water partition coefficient (Wildman–Crippen LogP) is 7.10. The molecule has 6 rings (SSSR count). The first kappa shape index (κ1) is 26.9. The smallest absolute Gasteiger partial charge is 0.287 e. The second kappa shape index (κ2) is 11.0. The van der Waals surface area contributed by atoms with Crippen molar-refractivity contribution in [2.75, 3.05) is 7.11 Å². The summed E-state index contributed by atoms with van der Waals surface area (Å²) in [6.07, 6.45) is 2.46. The number of methoxy groups -OCH3 is 1. The molecule has 0 aliphatic carbocycles. The lowest BCUT2D eigenvalue weighted by Crippen LogP contribution is -2.20. The summed E-state index contributed by atoms with van der Waals surface area (Å²) in [4.78, 5) is 32.4. The molecular weight excluding hydrogens is 585 g/mol. The molecule has 0 bridgehead atoms. The van der Waals surface area contributed by atoms with Crippen molar-refractivity contribution in [2.45, 2.75) is 0 Å². The molecule has 3 aromatic heterocycles. The van der Waals surface area contributed by atoms with Gasteiger partial charge in [-0.15, -0.1) is 0 Å². The minimum Gasteiger partial charge on any atom is -0.496 e. The Hall–Kier alpha value is -5.26. The van der Waals surface area contributed by atoms with E-state index in [0.29, 0.717) is 38.9 Å². The monoisotopic (exact) mass is 601 g/mol. The molecule has 0 saturated heterocycles. The zero-order chi connectivity index (χ0) is 29.4. The van der Waals surface area contributed by atoms with E-state index in [4.69, 9.17) is 37.1 Å². The van der Waals surface area contributed by atoms with Gasteiger partial charge in [-0.2, -0.15) is 9.78 Å². The molecule has 3 heterocycles. The summed E-state index contributed by atoms with van der Waals surface area (Å²) in [6.45, 7) is 0. The predicted molar refractivity (Wildman–Crippen MR) is 158 cm³/mol. The first-order chi connectivity index (χ1) is 20.3. The lowest BCUT2D eigenvalue weighted by molar-refractivity contribution is -0.385. The van der Waals surface area contributed by atoms with Crippen molar-refractivity contribution >= 4 is 57.0 Å². The highest BCUT2D eigenvalue weighted by Gasteiger charge is 2.18. The maximum atomic E-state index is 13.6. The van der Waals surface area contributed by atoms with Gasteiger partial charge in [0.1, 0.15) is 17.5 Å². The second-order valence-electron chi connectivity index (χ2n) is 8.82. The fraction of sp³-hybridized carbons (Fsp3) is 0.0345. The zero-order valence-electron chi connectivity index (χ0n) is 21.5. The number of hydrogen-bond donors (Lipinski definition) is 0. The number of halogens is 2. The molecule has 0 aliphatic rings. The minimum atomic E-state index is -0.572. The van der Waals surface area contributed by atoms with E-state index in [2.05, 4.69) is 15.1 Å². The number of rotatable bonds is 7. The Bertz CT molecular complexity index is 2070. The maximum Gasteiger partial charge on any atom is 0.287 e. The second-order valence-corrected chi connectivity index (χ2v) is 9.64. The SMILES string of the molecule is COc1cccc2oc(-c3nc4ccccc4c(=O)n3N=Cc3cc(Cl)c(Oc4ccc([N+](=O)[O-])cn4)c(Cl)c3)cc12. The van der Waals surface area contributed by atoms with E-state index in [0.717, 1.165) is 10.9 Å². The van der Waals surface area contributed by atoms with Crippen molar-refractivity contribution in [3.8, 4) is 29.0 Å². The van der Waals surface area contributed by atoms with Gasteiger partial charge < -0.3 is 13.9 Å². The van der Waals surface area contributed by atoms with Crippen molar-refractivity contribution in [3.63, 3.8) is 0 Å². The molecule has 0 atom stereocenters. The first-order valence-corrected chi connectivity index (χ1v) is 13.0. The molecule has 13 heteroatoms. The highest BCUT2D eigenvalue weighted by molar-refractivity contribution is 6.37. The van der Waals surface area contributed by atoms with Crippen LogP contribution in [0.1, 0.15) is 5.56 Å². The standard InChI is InChI=1S/C29H17Cl2N5O6/c1-40-23-7-4-8-24-19(23)13-25(41-24)28-34-22-6-3-2-5-18(22)29(37)35(28)33-14-16-11-20(30)27(21(31)12-16)42-26-10-9-17(15-32-26)36(38)39/h2-15H,1H3. The summed E-state index contributed by atoms with van der Waals surface area (Å²) >= 11 is 12.9. The largest absolute Gasteiger partial charge is 0.496 e. The number of nitrogens with zero attached hydrogens (tertiary/aromatic N) is 5. The van der Waals surface area contributed by atoms with Crippen LogP contribution in [0.4, 0.5) is 5.69 Å². The highest BCUT2D eigenvalue weighted by Crippen LogP contribution is 2.37. The molecule has 0 N–H and O–H groups in total. The van der Waals surface area contributed by atoms with Gasteiger partial charge in [-0.05, 0) is 48.0 Å². The number of hydrogen-bond acceptors (Lipinski definition) is 9. The van der Waals surface area contributed by atoms with E-state index in [1.807, 2.05) is 0 Å². The normalized spacial score (nSPS) is 11.4. The van der Waals surface area contributed by atoms with Gasteiger partial charge in [0, 0.05) is 12.1 Å². The van der Waals surface area contributed by atoms with Crippen molar-refractivity contribution in [2.24, 2.45) is 5.10 Å². The summed E-state index contributed by atoms with van der Waals surface area (Å²) in [5.41, 5.74) is 0.875. The Labute approximate surface area is 246 Å². The van der Waals surface area contributed by atoms with Gasteiger partial charge in [-0.3, -0.25) is 14.9 Å². The summed E-state index contributed by atoms with van der Waals surface area (Å²) in [7, 11) is 1.56. The van der Waals surface area contributed by atoms with Gasteiger partial charge >= 0.3 is 0 Å². The highest BCUT2D eigenvalue weighted by atomic mass is 35.5. The molecule has 208 valence electrons. The molecule has 42 heavy (non-hydrogen) atoms. The van der Waals surface area contributed by atoms with Crippen LogP contribution in [0.25, 0.3) is 33.5 Å². The lowest BCUT2D eigenvalue weighted by atomic mass is 10.2. The summed E-state index contributed by atoms with van der Waals surface area (Å²) < 4.78 is 18.3. The molecule has 11 nitrogen and oxygen atoms in total. The lowest BCUT2D eigenvalue weighted by Gasteiger charge is -2.10. The van der Waals surface area contributed by atoms with Crippen LogP contribution in [0.5, 0.6) is 17.4 Å².